The van der Waals surface area contributed by atoms with E-state index in [9.17, 15) is 9.59 Å². The van der Waals surface area contributed by atoms with Gasteiger partial charge in [0.2, 0.25) is 11.8 Å². The van der Waals surface area contributed by atoms with E-state index in [1.165, 1.54) is 0 Å². The molecule has 1 aromatic rings. The number of ether oxygens (including phenoxy) is 1. The maximum atomic E-state index is 12.5. The van der Waals surface area contributed by atoms with Gasteiger partial charge in [0.15, 0.2) is 0 Å². The Hall–Kier alpha value is -1.95. The van der Waals surface area contributed by atoms with Crippen LogP contribution in [0.25, 0.3) is 0 Å². The van der Waals surface area contributed by atoms with Gasteiger partial charge >= 0.3 is 0 Å². The van der Waals surface area contributed by atoms with Crippen LogP contribution in [-0.4, -0.2) is 65.5 Å². The van der Waals surface area contributed by atoms with E-state index in [0.717, 1.165) is 25.2 Å². The van der Waals surface area contributed by atoms with Gasteiger partial charge in [0.25, 0.3) is 0 Å². The standard InChI is InChI=1S/C17H23N3O3/c1-13(21)19-8-9-23-16-12-20(7-5-14(16)11-19)17(22)10-15-4-2-3-6-18-15/h2-4,6,14,16H,5,7-12H2,1H3/t14-,16-/m0/s1. The number of hydrogen-bond acceptors (Lipinski definition) is 4. The maximum absolute atomic E-state index is 12.5. The van der Waals surface area contributed by atoms with Gasteiger partial charge in [-0.1, -0.05) is 6.07 Å². The number of pyridine rings is 1. The molecule has 2 fully saturated rings. The molecule has 0 aromatic carbocycles. The normalized spacial score (nSPS) is 24.7. The number of aromatic nitrogens is 1. The third kappa shape index (κ3) is 3.88. The zero-order valence-electron chi connectivity index (χ0n) is 13.5. The van der Waals surface area contributed by atoms with Crippen molar-refractivity contribution in [2.24, 2.45) is 5.92 Å². The fraction of sp³-hybridized carbons (Fsp3) is 0.588. The molecule has 0 radical (unpaired) electrons. The molecule has 3 rings (SSSR count). The van der Waals surface area contributed by atoms with Crippen LogP contribution in [-0.2, 0) is 20.7 Å². The van der Waals surface area contributed by atoms with Crippen LogP contribution in [0.1, 0.15) is 19.0 Å². The monoisotopic (exact) mass is 317 g/mol. The van der Waals surface area contributed by atoms with Crippen molar-refractivity contribution in [3.8, 4) is 0 Å². The van der Waals surface area contributed by atoms with E-state index in [-0.39, 0.29) is 17.9 Å². The molecule has 2 amide bonds. The molecule has 0 bridgehead atoms. The molecular weight excluding hydrogens is 294 g/mol. The first-order valence-corrected chi connectivity index (χ1v) is 8.18. The van der Waals surface area contributed by atoms with Crippen LogP contribution in [0.5, 0.6) is 0 Å². The summed E-state index contributed by atoms with van der Waals surface area (Å²) in [5, 5.41) is 0. The molecule has 0 saturated carbocycles. The van der Waals surface area contributed by atoms with Crippen molar-refractivity contribution in [2.45, 2.75) is 25.9 Å². The van der Waals surface area contributed by atoms with Gasteiger partial charge in [-0.15, -0.1) is 0 Å². The number of amides is 2. The number of likely N-dealkylation sites (tertiary alicyclic amines) is 1. The second kappa shape index (κ2) is 7.08. The molecule has 0 spiro atoms. The van der Waals surface area contributed by atoms with Crippen LogP contribution in [0, 0.1) is 5.92 Å². The molecule has 124 valence electrons. The van der Waals surface area contributed by atoms with Crippen LogP contribution in [0.2, 0.25) is 0 Å². The molecule has 2 saturated heterocycles. The lowest BCUT2D eigenvalue weighted by atomic mass is 9.93. The van der Waals surface area contributed by atoms with Crippen LogP contribution in [0.3, 0.4) is 0 Å². The van der Waals surface area contributed by atoms with Gasteiger partial charge in [-0.25, -0.2) is 0 Å². The zero-order chi connectivity index (χ0) is 16.2. The highest BCUT2D eigenvalue weighted by atomic mass is 16.5. The minimum atomic E-state index is 0.0285. The predicted octanol–water partition coefficient (Wildman–Crippen LogP) is 0.720. The van der Waals surface area contributed by atoms with E-state index in [1.807, 2.05) is 28.0 Å². The summed E-state index contributed by atoms with van der Waals surface area (Å²) in [4.78, 5) is 32.0. The third-order valence-corrected chi connectivity index (χ3v) is 4.70. The van der Waals surface area contributed by atoms with Crippen molar-refractivity contribution in [3.05, 3.63) is 30.1 Å². The molecule has 6 heteroatoms. The molecule has 0 N–H and O–H groups in total. The van der Waals surface area contributed by atoms with Crippen molar-refractivity contribution in [2.75, 3.05) is 32.8 Å². The lowest BCUT2D eigenvalue weighted by Crippen LogP contribution is -2.49. The molecule has 1 aromatic heterocycles. The Kier molecular flexibility index (Phi) is 4.91. The van der Waals surface area contributed by atoms with Gasteiger partial charge in [0.1, 0.15) is 0 Å². The number of fused-ring (bicyclic) bond motifs is 1. The fourth-order valence-electron chi connectivity index (χ4n) is 3.33. The summed E-state index contributed by atoms with van der Waals surface area (Å²) in [6.07, 6.45) is 2.94. The Morgan fingerprint density at radius 3 is 2.87 bits per heavy atom. The van der Waals surface area contributed by atoms with E-state index in [4.69, 9.17) is 4.74 Å². The minimum absolute atomic E-state index is 0.0285. The second-order valence-corrected chi connectivity index (χ2v) is 6.26. The highest BCUT2D eigenvalue weighted by Gasteiger charge is 2.35. The van der Waals surface area contributed by atoms with Gasteiger partial charge < -0.3 is 14.5 Å². The average Bonchev–Trinajstić information content (AvgIpc) is 2.77. The Balaban J connectivity index is 1.59. The summed E-state index contributed by atoms with van der Waals surface area (Å²) in [7, 11) is 0. The fourth-order valence-corrected chi connectivity index (χ4v) is 3.33. The number of rotatable bonds is 2. The van der Waals surface area contributed by atoms with Crippen LogP contribution in [0.15, 0.2) is 24.4 Å². The maximum Gasteiger partial charge on any atom is 0.228 e. The number of hydrogen-bond donors (Lipinski definition) is 0. The van der Waals surface area contributed by atoms with Crippen LogP contribution in [0.4, 0.5) is 0 Å². The summed E-state index contributed by atoms with van der Waals surface area (Å²) < 4.78 is 5.91. The first-order chi connectivity index (χ1) is 11.1. The summed E-state index contributed by atoms with van der Waals surface area (Å²) >= 11 is 0. The summed E-state index contributed by atoms with van der Waals surface area (Å²) in [5.41, 5.74) is 0.796. The topological polar surface area (TPSA) is 62.7 Å². The quantitative estimate of drug-likeness (QED) is 0.806. The van der Waals surface area contributed by atoms with Crippen molar-refractivity contribution >= 4 is 11.8 Å². The summed E-state index contributed by atoms with van der Waals surface area (Å²) in [5.74, 6) is 0.515. The lowest BCUT2D eigenvalue weighted by molar-refractivity contribution is -0.136. The Bertz CT molecular complexity index is 563. The van der Waals surface area contributed by atoms with E-state index in [0.29, 0.717) is 32.0 Å². The van der Waals surface area contributed by atoms with Crippen LogP contribution < -0.4 is 0 Å². The summed E-state index contributed by atoms with van der Waals surface area (Å²) in [6.45, 7) is 4.87. The molecule has 2 atom stereocenters. The molecule has 6 nitrogen and oxygen atoms in total. The smallest absolute Gasteiger partial charge is 0.228 e. The third-order valence-electron chi connectivity index (χ3n) is 4.70. The highest BCUT2D eigenvalue weighted by Crippen LogP contribution is 2.24. The van der Waals surface area contributed by atoms with E-state index in [1.54, 1.807) is 13.1 Å². The van der Waals surface area contributed by atoms with Crippen LogP contribution >= 0.6 is 0 Å². The first kappa shape index (κ1) is 15.9. The first-order valence-electron chi connectivity index (χ1n) is 8.18. The minimum Gasteiger partial charge on any atom is -0.374 e. The molecule has 2 aliphatic heterocycles. The van der Waals surface area contributed by atoms with Crippen molar-refractivity contribution in [3.63, 3.8) is 0 Å². The Morgan fingerprint density at radius 1 is 1.26 bits per heavy atom. The predicted molar refractivity (Wildman–Crippen MR) is 84.6 cm³/mol. The molecule has 3 heterocycles. The van der Waals surface area contributed by atoms with Gasteiger partial charge in [-0.05, 0) is 18.6 Å². The van der Waals surface area contributed by atoms with Crippen molar-refractivity contribution in [1.82, 2.24) is 14.8 Å². The van der Waals surface area contributed by atoms with Gasteiger partial charge in [-0.2, -0.15) is 0 Å². The van der Waals surface area contributed by atoms with Gasteiger partial charge in [-0.3, -0.25) is 14.6 Å². The second-order valence-electron chi connectivity index (χ2n) is 6.26. The van der Waals surface area contributed by atoms with Crippen molar-refractivity contribution in [1.29, 1.82) is 0 Å². The Morgan fingerprint density at radius 2 is 2.13 bits per heavy atom. The molecule has 23 heavy (non-hydrogen) atoms. The number of carbonyl (C=O) groups excluding carboxylic acids is 2. The summed E-state index contributed by atoms with van der Waals surface area (Å²) in [6, 6.07) is 5.61. The lowest BCUT2D eigenvalue weighted by Gasteiger charge is -2.38. The van der Waals surface area contributed by atoms with E-state index >= 15 is 0 Å². The zero-order valence-corrected chi connectivity index (χ0v) is 13.5. The number of nitrogens with zero attached hydrogens (tertiary/aromatic N) is 3. The average molecular weight is 317 g/mol. The van der Waals surface area contributed by atoms with Gasteiger partial charge in [0.05, 0.1) is 19.1 Å². The number of carbonyl (C=O) groups is 2. The van der Waals surface area contributed by atoms with E-state index < -0.39 is 0 Å². The Labute approximate surface area is 136 Å². The molecular formula is C17H23N3O3. The molecule has 0 unspecified atom stereocenters. The molecule has 2 aliphatic rings. The van der Waals surface area contributed by atoms with Gasteiger partial charge in [0, 0.05) is 50.9 Å². The molecule has 0 aliphatic carbocycles. The SMILES string of the molecule is CC(=O)N1CCO[C@H]2CN(C(=O)Cc3ccccn3)CC[C@H]2C1. The highest BCUT2D eigenvalue weighted by molar-refractivity contribution is 5.78. The van der Waals surface area contributed by atoms with E-state index in [2.05, 4.69) is 4.98 Å². The largest absolute Gasteiger partial charge is 0.374 e. The number of piperidine rings is 1. The van der Waals surface area contributed by atoms with Crippen molar-refractivity contribution < 1.29 is 14.3 Å².